The zero-order chi connectivity index (χ0) is 12.4. The molecule has 2 N–H and O–H groups in total. The van der Waals surface area contributed by atoms with Crippen LogP contribution in [0.1, 0.15) is 5.82 Å². The molecule has 0 saturated heterocycles. The van der Waals surface area contributed by atoms with E-state index < -0.39 is 5.97 Å². The zero-order valence-electron chi connectivity index (χ0n) is 9.06. The molecule has 6 nitrogen and oxygen atoms in total. The molecule has 6 heteroatoms. The molecule has 0 aliphatic heterocycles. The van der Waals surface area contributed by atoms with Crippen molar-refractivity contribution in [2.24, 2.45) is 0 Å². The summed E-state index contributed by atoms with van der Waals surface area (Å²) in [5.74, 6) is -0.351. The fourth-order valence-electron chi connectivity index (χ4n) is 1.52. The van der Waals surface area contributed by atoms with Crippen molar-refractivity contribution in [3.63, 3.8) is 0 Å². The lowest BCUT2D eigenvalue weighted by Gasteiger charge is -2.03. The van der Waals surface area contributed by atoms with Crippen molar-refractivity contribution < 1.29 is 14.6 Å². The summed E-state index contributed by atoms with van der Waals surface area (Å²) in [5.41, 5.74) is 0.0678. The molecule has 2 aromatic rings. The van der Waals surface area contributed by atoms with Gasteiger partial charge in [0.05, 0.1) is 18.0 Å². The van der Waals surface area contributed by atoms with Crippen molar-refractivity contribution in [3.05, 3.63) is 34.4 Å². The van der Waals surface area contributed by atoms with E-state index in [9.17, 15) is 9.59 Å². The first kappa shape index (κ1) is 11.1. The number of nitrogens with zero attached hydrogens (tertiary/aromatic N) is 1. The maximum absolute atomic E-state index is 11.7. The number of hydrogen-bond donors (Lipinski definition) is 2. The quantitative estimate of drug-likeness (QED) is 0.809. The Morgan fingerprint density at radius 3 is 2.94 bits per heavy atom. The first-order valence-corrected chi connectivity index (χ1v) is 4.89. The lowest BCUT2D eigenvalue weighted by molar-refractivity contribution is -0.136. The predicted octanol–water partition coefficient (Wildman–Crippen LogP) is 0.559. The smallest absolute Gasteiger partial charge is 0.311 e. The van der Waals surface area contributed by atoms with Crippen molar-refractivity contribution in [1.29, 1.82) is 0 Å². The number of aromatic nitrogens is 2. The van der Waals surface area contributed by atoms with Crippen LogP contribution < -0.4 is 10.3 Å². The van der Waals surface area contributed by atoms with Crippen molar-refractivity contribution in [3.8, 4) is 5.75 Å². The van der Waals surface area contributed by atoms with Gasteiger partial charge in [-0.1, -0.05) is 0 Å². The summed E-state index contributed by atoms with van der Waals surface area (Å²) in [5, 5.41) is 9.05. The lowest BCUT2D eigenvalue weighted by Crippen LogP contribution is -2.14. The number of methoxy groups -OCH3 is 1. The van der Waals surface area contributed by atoms with E-state index in [2.05, 4.69) is 9.97 Å². The first-order chi connectivity index (χ1) is 8.10. The fourth-order valence-corrected chi connectivity index (χ4v) is 1.52. The zero-order valence-corrected chi connectivity index (χ0v) is 9.06. The molecule has 88 valence electrons. The molecule has 0 atom stereocenters. The summed E-state index contributed by atoms with van der Waals surface area (Å²) < 4.78 is 5.01. The van der Waals surface area contributed by atoms with Crippen molar-refractivity contribution in [1.82, 2.24) is 9.97 Å². The molecule has 1 aromatic carbocycles. The summed E-state index contributed by atoms with van der Waals surface area (Å²) in [4.78, 5) is 28.7. The first-order valence-electron chi connectivity index (χ1n) is 4.89. The van der Waals surface area contributed by atoms with E-state index >= 15 is 0 Å². The maximum Gasteiger partial charge on any atom is 0.311 e. The average molecular weight is 234 g/mol. The molecule has 0 bridgehead atoms. The van der Waals surface area contributed by atoms with Gasteiger partial charge in [0.15, 0.2) is 0 Å². The minimum Gasteiger partial charge on any atom is -0.497 e. The summed E-state index contributed by atoms with van der Waals surface area (Å²) in [6.07, 6.45) is -0.317. The molecule has 1 aromatic heterocycles. The van der Waals surface area contributed by atoms with Gasteiger partial charge in [-0.15, -0.1) is 0 Å². The fraction of sp³-hybridized carbons (Fsp3) is 0.182. The highest BCUT2D eigenvalue weighted by Crippen LogP contribution is 2.16. The van der Waals surface area contributed by atoms with Gasteiger partial charge in [-0.2, -0.15) is 0 Å². The van der Waals surface area contributed by atoms with Gasteiger partial charge in [-0.05, 0) is 12.1 Å². The third-order valence-electron chi connectivity index (χ3n) is 2.28. The molecule has 0 fully saturated rings. The van der Waals surface area contributed by atoms with E-state index in [0.717, 1.165) is 0 Å². The predicted molar refractivity (Wildman–Crippen MR) is 60.3 cm³/mol. The number of ether oxygens (including phenoxy) is 1. The highest BCUT2D eigenvalue weighted by atomic mass is 16.5. The number of rotatable bonds is 3. The molecular weight excluding hydrogens is 224 g/mol. The number of fused-ring (bicyclic) bond motifs is 1. The van der Waals surface area contributed by atoms with Crippen LogP contribution in [-0.2, 0) is 11.2 Å². The highest BCUT2D eigenvalue weighted by Gasteiger charge is 2.07. The van der Waals surface area contributed by atoms with Crippen LogP contribution in [0.5, 0.6) is 5.75 Å². The number of aromatic amines is 1. The minimum atomic E-state index is -1.05. The van der Waals surface area contributed by atoms with Gasteiger partial charge >= 0.3 is 5.97 Å². The summed E-state index contributed by atoms with van der Waals surface area (Å²) in [7, 11) is 1.51. The Hall–Kier alpha value is -2.37. The van der Waals surface area contributed by atoms with E-state index in [1.165, 1.54) is 7.11 Å². The summed E-state index contributed by atoms with van der Waals surface area (Å²) in [6.45, 7) is 0. The second kappa shape index (κ2) is 4.25. The second-order valence-electron chi connectivity index (χ2n) is 3.47. The third kappa shape index (κ3) is 2.25. The molecule has 17 heavy (non-hydrogen) atoms. The number of hydrogen-bond acceptors (Lipinski definition) is 4. The molecule has 2 rings (SSSR count). The third-order valence-corrected chi connectivity index (χ3v) is 2.28. The van der Waals surface area contributed by atoms with E-state index in [-0.39, 0.29) is 17.8 Å². The molecule has 0 aliphatic carbocycles. The summed E-state index contributed by atoms with van der Waals surface area (Å²) in [6, 6.07) is 4.83. The Labute approximate surface area is 95.9 Å². The van der Waals surface area contributed by atoms with Crippen LogP contribution in [0.3, 0.4) is 0 Å². The standard InChI is InChI=1S/C11H10N2O4/c1-17-6-2-3-7-8(4-6)12-9(5-10(14)15)13-11(7)16/h2-4H,5H2,1H3,(H,14,15)(H,12,13,16). The van der Waals surface area contributed by atoms with Gasteiger partial charge in [0.25, 0.3) is 5.56 Å². The van der Waals surface area contributed by atoms with E-state index in [1.54, 1.807) is 18.2 Å². The molecule has 0 radical (unpaired) electrons. The number of nitrogens with one attached hydrogen (secondary N) is 1. The second-order valence-corrected chi connectivity index (χ2v) is 3.47. The van der Waals surface area contributed by atoms with Crippen LogP contribution in [0.4, 0.5) is 0 Å². The number of carboxylic acid groups (broad SMARTS) is 1. The molecule has 0 aliphatic rings. The molecule has 0 spiro atoms. The lowest BCUT2D eigenvalue weighted by atomic mass is 10.2. The van der Waals surface area contributed by atoms with Crippen molar-refractivity contribution >= 4 is 16.9 Å². The van der Waals surface area contributed by atoms with Gasteiger partial charge in [0.2, 0.25) is 0 Å². The van der Waals surface area contributed by atoms with Crippen molar-refractivity contribution in [2.45, 2.75) is 6.42 Å². The number of benzene rings is 1. The van der Waals surface area contributed by atoms with Gasteiger partial charge in [-0.3, -0.25) is 9.59 Å². The number of carboxylic acids is 1. The van der Waals surface area contributed by atoms with E-state index in [1.807, 2.05) is 0 Å². The normalized spacial score (nSPS) is 10.4. The molecule has 0 amide bonds. The van der Waals surface area contributed by atoms with Crippen LogP contribution >= 0.6 is 0 Å². The number of H-pyrrole nitrogens is 1. The van der Waals surface area contributed by atoms with Gasteiger partial charge in [0.1, 0.15) is 18.0 Å². The van der Waals surface area contributed by atoms with Crippen molar-refractivity contribution in [2.75, 3.05) is 7.11 Å². The topological polar surface area (TPSA) is 92.3 Å². The van der Waals surface area contributed by atoms with E-state index in [4.69, 9.17) is 9.84 Å². The Morgan fingerprint density at radius 1 is 1.53 bits per heavy atom. The monoisotopic (exact) mass is 234 g/mol. The van der Waals surface area contributed by atoms with Crippen LogP contribution in [0.15, 0.2) is 23.0 Å². The van der Waals surface area contributed by atoms with Gasteiger partial charge in [-0.25, -0.2) is 4.98 Å². The largest absolute Gasteiger partial charge is 0.497 e. The number of aliphatic carboxylic acids is 1. The van der Waals surface area contributed by atoms with Gasteiger partial charge < -0.3 is 14.8 Å². The highest BCUT2D eigenvalue weighted by molar-refractivity contribution is 5.79. The maximum atomic E-state index is 11.7. The number of carbonyl (C=O) groups is 1. The Morgan fingerprint density at radius 2 is 2.29 bits per heavy atom. The SMILES string of the molecule is COc1ccc2c(=O)[nH]c(CC(=O)O)nc2c1. The molecular formula is C11H10N2O4. The molecule has 1 heterocycles. The van der Waals surface area contributed by atoms with Crippen LogP contribution in [0.25, 0.3) is 10.9 Å². The average Bonchev–Trinajstić information content (AvgIpc) is 2.27. The molecule has 0 saturated carbocycles. The van der Waals surface area contributed by atoms with Crippen LogP contribution in [-0.4, -0.2) is 28.2 Å². The minimum absolute atomic E-state index is 0.128. The van der Waals surface area contributed by atoms with Crippen LogP contribution in [0, 0.1) is 0 Å². The van der Waals surface area contributed by atoms with Crippen LogP contribution in [0.2, 0.25) is 0 Å². The Balaban J connectivity index is 2.61. The Kier molecular flexibility index (Phi) is 2.78. The van der Waals surface area contributed by atoms with Gasteiger partial charge in [0, 0.05) is 6.07 Å². The summed E-state index contributed by atoms with van der Waals surface area (Å²) >= 11 is 0. The molecule has 0 unspecified atom stereocenters. The van der Waals surface area contributed by atoms with E-state index in [0.29, 0.717) is 16.7 Å². The Bertz CT molecular complexity index is 633.